The Balaban J connectivity index is 2.13. The van der Waals surface area contributed by atoms with Gasteiger partial charge < -0.3 is 15.3 Å². The normalized spacial score (nSPS) is 21.1. The van der Waals surface area contributed by atoms with Crippen molar-refractivity contribution in [3.8, 4) is 0 Å². The van der Waals surface area contributed by atoms with Gasteiger partial charge in [0.15, 0.2) is 0 Å². The average molecular weight is 272 g/mol. The summed E-state index contributed by atoms with van der Waals surface area (Å²) in [6.07, 6.45) is 0.637. The maximum Gasteiger partial charge on any atom is 0.231 e. The van der Waals surface area contributed by atoms with Crippen molar-refractivity contribution in [3.63, 3.8) is 0 Å². The van der Waals surface area contributed by atoms with E-state index in [1.54, 1.807) is 0 Å². The third-order valence-electron chi connectivity index (χ3n) is 3.12. The van der Waals surface area contributed by atoms with Crippen LogP contribution in [0.3, 0.4) is 0 Å². The molecule has 0 aliphatic carbocycles. The highest BCUT2D eigenvalue weighted by Gasteiger charge is 2.28. The van der Waals surface area contributed by atoms with Crippen molar-refractivity contribution in [1.82, 2.24) is 15.0 Å². The summed E-state index contributed by atoms with van der Waals surface area (Å²) in [5.74, 6) is 1.34. The minimum atomic E-state index is -0.305. The summed E-state index contributed by atoms with van der Waals surface area (Å²) in [5, 5.41) is 12.8. The lowest BCUT2D eigenvalue weighted by atomic mass is 10.0. The number of halogens is 1. The molecule has 1 fully saturated rings. The molecule has 6 nitrogen and oxygen atoms in total. The predicted molar refractivity (Wildman–Crippen MR) is 71.0 cm³/mol. The first-order valence-electron chi connectivity index (χ1n) is 6.18. The molecule has 18 heavy (non-hydrogen) atoms. The van der Waals surface area contributed by atoms with E-state index in [0.29, 0.717) is 11.9 Å². The van der Waals surface area contributed by atoms with Crippen LogP contribution in [0.4, 0.5) is 11.9 Å². The van der Waals surface area contributed by atoms with Gasteiger partial charge in [-0.05, 0) is 31.9 Å². The maximum atomic E-state index is 9.59. The van der Waals surface area contributed by atoms with Crippen molar-refractivity contribution < 1.29 is 5.11 Å². The highest BCUT2D eigenvalue weighted by atomic mass is 35.5. The molecule has 100 valence electrons. The number of hydrogen-bond acceptors (Lipinski definition) is 6. The molecule has 0 spiro atoms. The van der Waals surface area contributed by atoms with Gasteiger partial charge in [0.05, 0.1) is 6.10 Å². The fourth-order valence-electron chi connectivity index (χ4n) is 2.08. The van der Waals surface area contributed by atoms with Crippen molar-refractivity contribution >= 4 is 23.5 Å². The minimum Gasteiger partial charge on any atom is -0.393 e. The molecule has 0 saturated carbocycles. The zero-order chi connectivity index (χ0) is 13.1. The topological polar surface area (TPSA) is 74.2 Å². The zero-order valence-electron chi connectivity index (χ0n) is 10.6. The van der Waals surface area contributed by atoms with Gasteiger partial charge in [0.2, 0.25) is 17.2 Å². The Kier molecular flexibility index (Phi) is 4.19. The summed E-state index contributed by atoms with van der Waals surface area (Å²) in [5.41, 5.74) is 0. The van der Waals surface area contributed by atoms with E-state index in [4.69, 9.17) is 11.6 Å². The van der Waals surface area contributed by atoms with Crippen LogP contribution in [0.5, 0.6) is 0 Å². The summed E-state index contributed by atoms with van der Waals surface area (Å²) in [4.78, 5) is 14.5. The highest BCUT2D eigenvalue weighted by molar-refractivity contribution is 6.28. The van der Waals surface area contributed by atoms with Gasteiger partial charge in [-0.3, -0.25) is 0 Å². The monoisotopic (exact) mass is 271 g/mol. The van der Waals surface area contributed by atoms with Gasteiger partial charge in [-0.25, -0.2) is 0 Å². The third-order valence-corrected chi connectivity index (χ3v) is 3.29. The molecule has 1 aliphatic heterocycles. The van der Waals surface area contributed by atoms with Crippen molar-refractivity contribution in [2.24, 2.45) is 5.92 Å². The van der Waals surface area contributed by atoms with E-state index < -0.39 is 0 Å². The third kappa shape index (κ3) is 3.00. The van der Waals surface area contributed by atoms with E-state index in [9.17, 15) is 5.11 Å². The summed E-state index contributed by atoms with van der Waals surface area (Å²) in [6, 6.07) is 0. The van der Waals surface area contributed by atoms with Crippen molar-refractivity contribution in [2.45, 2.75) is 26.4 Å². The zero-order valence-corrected chi connectivity index (χ0v) is 11.4. The van der Waals surface area contributed by atoms with E-state index in [1.165, 1.54) is 0 Å². The number of aliphatic hydroxyl groups is 1. The SMILES string of the molecule is CCNc1nc(Cl)nc(N2CCC(C(C)O)C2)n1. The van der Waals surface area contributed by atoms with Crippen molar-refractivity contribution in [1.29, 1.82) is 0 Å². The van der Waals surface area contributed by atoms with Gasteiger partial charge in [-0.15, -0.1) is 0 Å². The molecule has 2 unspecified atom stereocenters. The van der Waals surface area contributed by atoms with E-state index in [0.717, 1.165) is 26.1 Å². The fourth-order valence-corrected chi connectivity index (χ4v) is 2.24. The van der Waals surface area contributed by atoms with Gasteiger partial charge in [-0.2, -0.15) is 15.0 Å². The quantitative estimate of drug-likeness (QED) is 0.856. The smallest absolute Gasteiger partial charge is 0.231 e. The Labute approximate surface area is 111 Å². The second-order valence-electron chi connectivity index (χ2n) is 4.49. The molecule has 0 amide bonds. The number of aromatic nitrogens is 3. The number of nitrogens with one attached hydrogen (secondary N) is 1. The summed E-state index contributed by atoms with van der Waals surface area (Å²) >= 11 is 5.88. The molecule has 0 bridgehead atoms. The van der Waals surface area contributed by atoms with Gasteiger partial charge in [0, 0.05) is 25.6 Å². The molecule has 1 aromatic heterocycles. The van der Waals surface area contributed by atoms with Crippen LogP contribution in [0.25, 0.3) is 0 Å². The maximum absolute atomic E-state index is 9.59. The Bertz CT molecular complexity index is 414. The first-order chi connectivity index (χ1) is 8.60. The molecule has 2 N–H and O–H groups in total. The predicted octanol–water partition coefficient (Wildman–Crippen LogP) is 1.16. The fraction of sp³-hybridized carbons (Fsp3) is 0.727. The molecular formula is C11H18ClN5O. The minimum absolute atomic E-state index is 0.191. The van der Waals surface area contributed by atoms with Crippen LogP contribution < -0.4 is 10.2 Å². The Morgan fingerprint density at radius 2 is 2.28 bits per heavy atom. The number of rotatable bonds is 4. The summed E-state index contributed by atoms with van der Waals surface area (Å²) < 4.78 is 0. The van der Waals surface area contributed by atoms with Crippen molar-refractivity contribution in [3.05, 3.63) is 5.28 Å². The molecule has 2 atom stereocenters. The van der Waals surface area contributed by atoms with Gasteiger partial charge in [0.25, 0.3) is 0 Å². The highest BCUT2D eigenvalue weighted by Crippen LogP contribution is 2.24. The van der Waals surface area contributed by atoms with Crippen LogP contribution in [0, 0.1) is 5.92 Å². The largest absolute Gasteiger partial charge is 0.393 e. The summed E-state index contributed by atoms with van der Waals surface area (Å²) in [7, 11) is 0. The number of aliphatic hydroxyl groups excluding tert-OH is 1. The van der Waals surface area contributed by atoms with Crippen LogP contribution in [0.2, 0.25) is 5.28 Å². The number of anilines is 2. The lowest BCUT2D eigenvalue weighted by molar-refractivity contribution is 0.136. The lowest BCUT2D eigenvalue weighted by Crippen LogP contribution is -2.26. The molecule has 1 aromatic rings. The Morgan fingerprint density at radius 3 is 2.89 bits per heavy atom. The van der Waals surface area contributed by atoms with Crippen molar-refractivity contribution in [2.75, 3.05) is 29.9 Å². The molecule has 2 heterocycles. The van der Waals surface area contributed by atoms with Crippen LogP contribution in [0.15, 0.2) is 0 Å². The molecule has 7 heteroatoms. The van der Waals surface area contributed by atoms with E-state index >= 15 is 0 Å². The molecule has 2 rings (SSSR count). The average Bonchev–Trinajstić information content (AvgIpc) is 2.78. The van der Waals surface area contributed by atoms with Crippen LogP contribution >= 0.6 is 11.6 Å². The molecule has 1 saturated heterocycles. The molecule has 1 aliphatic rings. The van der Waals surface area contributed by atoms with E-state index in [2.05, 4.69) is 20.3 Å². The first kappa shape index (κ1) is 13.3. The molecule has 0 radical (unpaired) electrons. The van der Waals surface area contributed by atoms with Crippen LogP contribution in [-0.2, 0) is 0 Å². The molecule has 0 aromatic carbocycles. The Hall–Kier alpha value is -1.14. The number of nitrogens with zero attached hydrogens (tertiary/aromatic N) is 4. The first-order valence-corrected chi connectivity index (χ1v) is 6.56. The second-order valence-corrected chi connectivity index (χ2v) is 4.83. The van der Waals surface area contributed by atoms with Gasteiger partial charge in [-0.1, -0.05) is 0 Å². The standard InChI is InChI=1S/C11H18ClN5O/c1-3-13-10-14-9(12)15-11(16-10)17-5-4-8(6-17)7(2)18/h7-8,18H,3-6H2,1-2H3,(H,13,14,15,16). The van der Waals surface area contributed by atoms with Gasteiger partial charge >= 0.3 is 0 Å². The van der Waals surface area contributed by atoms with Gasteiger partial charge in [0.1, 0.15) is 0 Å². The van der Waals surface area contributed by atoms with E-state index in [-0.39, 0.29) is 17.3 Å². The van der Waals surface area contributed by atoms with Crippen LogP contribution in [-0.4, -0.2) is 45.8 Å². The van der Waals surface area contributed by atoms with E-state index in [1.807, 2.05) is 18.7 Å². The molecular weight excluding hydrogens is 254 g/mol. The number of hydrogen-bond donors (Lipinski definition) is 2. The Morgan fingerprint density at radius 1 is 1.50 bits per heavy atom. The lowest BCUT2D eigenvalue weighted by Gasteiger charge is -2.18. The second kappa shape index (κ2) is 5.67. The summed E-state index contributed by atoms with van der Waals surface area (Å²) in [6.45, 7) is 6.11. The van der Waals surface area contributed by atoms with Crippen LogP contribution in [0.1, 0.15) is 20.3 Å².